The molecule has 0 aliphatic carbocycles. The van der Waals surface area contributed by atoms with Gasteiger partial charge in [-0.25, -0.2) is 0 Å². The Morgan fingerprint density at radius 2 is 1.65 bits per heavy atom. The van der Waals surface area contributed by atoms with Gasteiger partial charge in [0.05, 0.1) is 0 Å². The van der Waals surface area contributed by atoms with Gasteiger partial charge in [-0.15, -0.1) is 0 Å². The SMILES string of the molecule is CCc1ccc2cc[c]([Sn][C](C)(C)C)cc2c1. The first-order valence-electron chi connectivity index (χ1n) is 6.29. The summed E-state index contributed by atoms with van der Waals surface area (Å²) < 4.78 is 2.14. The minimum atomic E-state index is -0.475. The van der Waals surface area contributed by atoms with Gasteiger partial charge in [0.1, 0.15) is 0 Å². The Labute approximate surface area is 115 Å². The summed E-state index contributed by atoms with van der Waals surface area (Å²) in [6.07, 6.45) is 1.12. The van der Waals surface area contributed by atoms with Crippen molar-refractivity contribution in [1.29, 1.82) is 0 Å². The van der Waals surface area contributed by atoms with Crippen LogP contribution in [-0.4, -0.2) is 21.1 Å². The third-order valence-electron chi connectivity index (χ3n) is 2.83. The molecule has 0 saturated carbocycles. The van der Waals surface area contributed by atoms with Crippen LogP contribution in [-0.2, 0) is 6.42 Å². The predicted octanol–water partition coefficient (Wildman–Crippen LogP) is 3.95. The summed E-state index contributed by atoms with van der Waals surface area (Å²) in [5, 5.41) is 2.80. The van der Waals surface area contributed by atoms with E-state index in [0.29, 0.717) is 3.43 Å². The molecule has 17 heavy (non-hydrogen) atoms. The topological polar surface area (TPSA) is 0 Å². The van der Waals surface area contributed by atoms with Crippen molar-refractivity contribution in [3.05, 3.63) is 42.0 Å². The second-order valence-corrected chi connectivity index (χ2v) is 12.3. The van der Waals surface area contributed by atoms with Gasteiger partial charge >= 0.3 is 115 Å². The summed E-state index contributed by atoms with van der Waals surface area (Å²) in [6, 6.07) is 13.9. The molecular weight excluding hydrogens is 311 g/mol. The quantitative estimate of drug-likeness (QED) is 0.731. The van der Waals surface area contributed by atoms with Gasteiger partial charge in [-0.1, -0.05) is 0 Å². The molecule has 2 radical (unpaired) electrons. The average molecular weight is 331 g/mol. The summed E-state index contributed by atoms with van der Waals surface area (Å²) in [6.45, 7) is 9.32. The van der Waals surface area contributed by atoms with Crippen LogP contribution in [0.2, 0.25) is 3.43 Å². The molecule has 0 fully saturated rings. The first-order chi connectivity index (χ1) is 7.98. The molecule has 0 amide bonds. The van der Waals surface area contributed by atoms with Crippen molar-refractivity contribution in [2.75, 3.05) is 0 Å². The van der Waals surface area contributed by atoms with Crippen molar-refractivity contribution in [3.8, 4) is 0 Å². The Balaban J connectivity index is 2.41. The maximum atomic E-state index is 2.42. The molecule has 0 heterocycles. The van der Waals surface area contributed by atoms with E-state index >= 15 is 0 Å². The zero-order chi connectivity index (χ0) is 12.5. The minimum absolute atomic E-state index is 0.475. The summed E-state index contributed by atoms with van der Waals surface area (Å²) in [4.78, 5) is 0. The van der Waals surface area contributed by atoms with Crippen LogP contribution in [0, 0.1) is 0 Å². The van der Waals surface area contributed by atoms with Crippen LogP contribution in [0.1, 0.15) is 33.3 Å². The predicted molar refractivity (Wildman–Crippen MR) is 78.4 cm³/mol. The molecule has 1 heteroatoms. The molecule has 0 aliphatic rings. The molecule has 88 valence electrons. The van der Waals surface area contributed by atoms with Gasteiger partial charge in [0.25, 0.3) is 0 Å². The Kier molecular flexibility index (Phi) is 3.82. The molecule has 0 N–H and O–H groups in total. The summed E-state index contributed by atoms with van der Waals surface area (Å²) >= 11 is -0.475. The molecule has 2 aromatic carbocycles. The molecule has 2 rings (SSSR count). The van der Waals surface area contributed by atoms with Crippen LogP contribution in [0.25, 0.3) is 10.8 Å². The van der Waals surface area contributed by atoms with Gasteiger partial charge in [0.15, 0.2) is 0 Å². The van der Waals surface area contributed by atoms with E-state index in [9.17, 15) is 0 Å². The third kappa shape index (κ3) is 3.48. The average Bonchev–Trinajstić information content (AvgIpc) is 2.26. The molecule has 0 aliphatic heterocycles. The van der Waals surface area contributed by atoms with Crippen molar-refractivity contribution in [3.63, 3.8) is 0 Å². The number of benzene rings is 2. The number of hydrogen-bond acceptors (Lipinski definition) is 0. The zero-order valence-electron chi connectivity index (χ0n) is 11.2. The van der Waals surface area contributed by atoms with Crippen LogP contribution < -0.4 is 3.58 Å². The summed E-state index contributed by atoms with van der Waals surface area (Å²) in [5.74, 6) is 0. The van der Waals surface area contributed by atoms with E-state index in [2.05, 4.69) is 64.1 Å². The number of fused-ring (bicyclic) bond motifs is 1. The van der Waals surface area contributed by atoms with Gasteiger partial charge in [-0.2, -0.15) is 0 Å². The van der Waals surface area contributed by atoms with Crippen LogP contribution in [0.3, 0.4) is 0 Å². The van der Waals surface area contributed by atoms with Crippen molar-refractivity contribution >= 4 is 35.5 Å². The van der Waals surface area contributed by atoms with E-state index in [0.717, 1.165) is 6.42 Å². The van der Waals surface area contributed by atoms with Crippen molar-refractivity contribution in [2.24, 2.45) is 0 Å². The molecule has 0 bridgehead atoms. The van der Waals surface area contributed by atoms with E-state index in [4.69, 9.17) is 0 Å². The summed E-state index contributed by atoms with van der Waals surface area (Å²) in [5.41, 5.74) is 1.44. The fourth-order valence-electron chi connectivity index (χ4n) is 2.03. The molecule has 0 aromatic heterocycles. The molecule has 0 saturated heterocycles. The Morgan fingerprint density at radius 1 is 0.941 bits per heavy atom. The molecule has 0 atom stereocenters. The van der Waals surface area contributed by atoms with Crippen LogP contribution in [0.15, 0.2) is 36.4 Å². The van der Waals surface area contributed by atoms with E-state index in [1.807, 2.05) is 0 Å². The fourth-order valence-corrected chi connectivity index (χ4v) is 5.62. The van der Waals surface area contributed by atoms with E-state index < -0.39 is 21.1 Å². The second-order valence-electron chi connectivity index (χ2n) is 5.62. The normalized spacial score (nSPS) is 12.0. The van der Waals surface area contributed by atoms with Gasteiger partial charge < -0.3 is 0 Å². The van der Waals surface area contributed by atoms with Gasteiger partial charge in [0.2, 0.25) is 0 Å². The molecule has 0 nitrogen and oxygen atoms in total. The van der Waals surface area contributed by atoms with E-state index in [1.54, 1.807) is 3.58 Å². The number of hydrogen-bond donors (Lipinski definition) is 0. The monoisotopic (exact) mass is 332 g/mol. The van der Waals surface area contributed by atoms with Crippen LogP contribution >= 0.6 is 0 Å². The Bertz CT molecular complexity index is 521. The van der Waals surface area contributed by atoms with Gasteiger partial charge in [-0.05, 0) is 0 Å². The second kappa shape index (κ2) is 5.01. The van der Waals surface area contributed by atoms with Gasteiger partial charge in [0, 0.05) is 0 Å². The van der Waals surface area contributed by atoms with Crippen LogP contribution in [0.4, 0.5) is 0 Å². The number of rotatable bonds is 2. The third-order valence-corrected chi connectivity index (χ3v) is 6.68. The molecular formula is C16H20Sn. The van der Waals surface area contributed by atoms with Crippen molar-refractivity contribution < 1.29 is 0 Å². The van der Waals surface area contributed by atoms with Crippen molar-refractivity contribution in [2.45, 2.75) is 37.5 Å². The number of aryl methyl sites for hydroxylation is 1. The van der Waals surface area contributed by atoms with Gasteiger partial charge in [-0.3, -0.25) is 0 Å². The molecule has 0 unspecified atom stereocenters. The standard InChI is InChI=1S/C12H11.C4H9.Sn/c1-2-10-7-8-11-5-3-4-6-12(11)9-10;1-4(2)3;/h3,5-9H,2H2,1H3;1-3H3;. The first kappa shape index (κ1) is 12.9. The summed E-state index contributed by atoms with van der Waals surface area (Å²) in [7, 11) is 0. The Morgan fingerprint density at radius 3 is 2.29 bits per heavy atom. The zero-order valence-corrected chi connectivity index (χ0v) is 14.0. The fraction of sp³-hybridized carbons (Fsp3) is 0.375. The maximum absolute atomic E-state index is 2.42. The van der Waals surface area contributed by atoms with Crippen molar-refractivity contribution in [1.82, 2.24) is 0 Å². The molecule has 2 aromatic rings. The Hall–Kier alpha value is -0.501. The van der Waals surface area contributed by atoms with E-state index in [-0.39, 0.29) is 0 Å². The first-order valence-corrected chi connectivity index (χ1v) is 9.14. The van der Waals surface area contributed by atoms with E-state index in [1.165, 1.54) is 16.3 Å². The molecule has 0 spiro atoms. The van der Waals surface area contributed by atoms with Crippen LogP contribution in [0.5, 0.6) is 0 Å².